The van der Waals surface area contributed by atoms with Gasteiger partial charge in [-0.2, -0.15) is 0 Å². The van der Waals surface area contributed by atoms with Crippen LogP contribution in [0.25, 0.3) is 0 Å². The minimum Gasteiger partial charge on any atom is -0.355 e. The Kier molecular flexibility index (Phi) is 9.45. The molecule has 10 heteroatoms. The molecule has 0 saturated heterocycles. The molecule has 3 aromatic carbocycles. The van der Waals surface area contributed by atoms with E-state index in [0.717, 1.165) is 26.0 Å². The lowest BCUT2D eigenvalue weighted by Gasteiger charge is -2.32. The monoisotopic (exact) mass is 589 g/mol. The number of aryl methyl sites for hydroxylation is 1. The quantitative estimate of drug-likeness (QED) is 0.373. The number of nitrogens with zero attached hydrogens (tertiary/aromatic N) is 2. The standard InChI is InChI=1S/C27H29BrFN3O4S/c1-4-30-27(34)20(3)31(17-21-8-7-9-22(28)16-21)26(33)18-32(25-11-6-5-10-24(25)29)37(35,36)23-14-12-19(2)13-15-23/h5-16,20H,4,17-18H2,1-3H3,(H,30,34)/t20-/m1/s1. The molecule has 0 aliphatic heterocycles. The largest absolute Gasteiger partial charge is 0.355 e. The molecule has 37 heavy (non-hydrogen) atoms. The Morgan fingerprint density at radius 3 is 2.32 bits per heavy atom. The van der Waals surface area contributed by atoms with Crippen LogP contribution in [0.3, 0.4) is 0 Å². The number of likely N-dealkylation sites (N-methyl/N-ethyl adjacent to an activating group) is 1. The number of carbonyl (C=O) groups excluding carboxylic acids is 2. The van der Waals surface area contributed by atoms with Crippen LogP contribution in [0.4, 0.5) is 10.1 Å². The van der Waals surface area contributed by atoms with Crippen molar-refractivity contribution >= 4 is 43.5 Å². The predicted molar refractivity (Wildman–Crippen MR) is 145 cm³/mol. The molecule has 0 aliphatic rings. The van der Waals surface area contributed by atoms with Crippen LogP contribution in [0.2, 0.25) is 0 Å². The van der Waals surface area contributed by atoms with Crippen molar-refractivity contribution < 1.29 is 22.4 Å². The first kappa shape index (κ1) is 28.3. The Bertz CT molecular complexity index is 1370. The number of rotatable bonds is 10. The van der Waals surface area contributed by atoms with Crippen LogP contribution in [0, 0.1) is 12.7 Å². The van der Waals surface area contributed by atoms with Crippen molar-refractivity contribution in [3.8, 4) is 0 Å². The molecule has 1 atom stereocenters. The van der Waals surface area contributed by atoms with E-state index in [1.54, 1.807) is 38.1 Å². The van der Waals surface area contributed by atoms with Gasteiger partial charge in [0, 0.05) is 17.6 Å². The number of hydrogen-bond acceptors (Lipinski definition) is 4. The van der Waals surface area contributed by atoms with Crippen LogP contribution in [-0.2, 0) is 26.2 Å². The first-order valence-electron chi connectivity index (χ1n) is 11.7. The second kappa shape index (κ2) is 12.3. The summed E-state index contributed by atoms with van der Waals surface area (Å²) in [6.45, 7) is 4.87. The molecule has 0 bridgehead atoms. The van der Waals surface area contributed by atoms with Crippen molar-refractivity contribution in [1.29, 1.82) is 0 Å². The molecule has 1 N–H and O–H groups in total. The van der Waals surface area contributed by atoms with Gasteiger partial charge in [-0.1, -0.05) is 57.9 Å². The summed E-state index contributed by atoms with van der Waals surface area (Å²) < 4.78 is 43.8. The number of anilines is 1. The van der Waals surface area contributed by atoms with Crippen molar-refractivity contribution in [3.05, 3.63) is 94.2 Å². The van der Waals surface area contributed by atoms with E-state index in [-0.39, 0.29) is 23.0 Å². The highest BCUT2D eigenvalue weighted by molar-refractivity contribution is 9.10. The zero-order valence-electron chi connectivity index (χ0n) is 20.8. The lowest BCUT2D eigenvalue weighted by atomic mass is 10.1. The SMILES string of the molecule is CCNC(=O)[C@@H](C)N(Cc1cccc(Br)c1)C(=O)CN(c1ccccc1F)S(=O)(=O)c1ccc(C)cc1. The molecule has 3 rings (SSSR count). The summed E-state index contributed by atoms with van der Waals surface area (Å²) in [4.78, 5) is 27.6. The van der Waals surface area contributed by atoms with Crippen LogP contribution in [0.15, 0.2) is 82.2 Å². The number of halogens is 2. The fraction of sp³-hybridized carbons (Fsp3) is 0.259. The predicted octanol–water partition coefficient (Wildman–Crippen LogP) is 4.65. The van der Waals surface area contributed by atoms with Gasteiger partial charge in [0.15, 0.2) is 0 Å². The smallest absolute Gasteiger partial charge is 0.264 e. The number of amides is 2. The van der Waals surface area contributed by atoms with E-state index in [2.05, 4.69) is 21.2 Å². The van der Waals surface area contributed by atoms with Gasteiger partial charge in [0.1, 0.15) is 18.4 Å². The van der Waals surface area contributed by atoms with E-state index in [1.807, 2.05) is 19.1 Å². The maximum Gasteiger partial charge on any atom is 0.264 e. The summed E-state index contributed by atoms with van der Waals surface area (Å²) in [6.07, 6.45) is 0. The molecule has 7 nitrogen and oxygen atoms in total. The summed E-state index contributed by atoms with van der Waals surface area (Å²) in [5.74, 6) is -1.83. The molecule has 0 saturated carbocycles. The summed E-state index contributed by atoms with van der Waals surface area (Å²) >= 11 is 3.40. The number of sulfonamides is 1. The Labute approximate surface area is 225 Å². The van der Waals surface area contributed by atoms with E-state index in [0.29, 0.717) is 6.54 Å². The van der Waals surface area contributed by atoms with E-state index in [9.17, 15) is 22.4 Å². The zero-order chi connectivity index (χ0) is 27.2. The first-order valence-corrected chi connectivity index (χ1v) is 13.9. The van der Waals surface area contributed by atoms with Gasteiger partial charge in [0.2, 0.25) is 11.8 Å². The van der Waals surface area contributed by atoms with E-state index < -0.39 is 34.3 Å². The highest BCUT2D eigenvalue weighted by Gasteiger charge is 2.33. The van der Waals surface area contributed by atoms with Gasteiger partial charge in [-0.15, -0.1) is 0 Å². The van der Waals surface area contributed by atoms with Crippen LogP contribution in [-0.4, -0.2) is 44.3 Å². The fourth-order valence-electron chi connectivity index (χ4n) is 3.74. The normalized spacial score (nSPS) is 12.0. The highest BCUT2D eigenvalue weighted by Crippen LogP contribution is 2.27. The molecular weight excluding hydrogens is 561 g/mol. The van der Waals surface area contributed by atoms with Crippen LogP contribution in [0.1, 0.15) is 25.0 Å². The fourth-order valence-corrected chi connectivity index (χ4v) is 5.61. The van der Waals surface area contributed by atoms with Crippen LogP contribution >= 0.6 is 15.9 Å². The molecule has 0 aromatic heterocycles. The van der Waals surface area contributed by atoms with Crippen molar-refractivity contribution in [1.82, 2.24) is 10.2 Å². The van der Waals surface area contributed by atoms with Crippen LogP contribution in [0.5, 0.6) is 0 Å². The Balaban J connectivity index is 2.04. The van der Waals surface area contributed by atoms with Crippen molar-refractivity contribution in [3.63, 3.8) is 0 Å². The van der Waals surface area contributed by atoms with Gasteiger partial charge in [-0.25, -0.2) is 12.8 Å². The number of para-hydroxylation sites is 1. The lowest BCUT2D eigenvalue weighted by molar-refractivity contribution is -0.139. The summed E-state index contributed by atoms with van der Waals surface area (Å²) in [5.41, 5.74) is 1.32. The van der Waals surface area contributed by atoms with Crippen molar-refractivity contribution in [2.75, 3.05) is 17.4 Å². The maximum absolute atomic E-state index is 14.9. The van der Waals surface area contributed by atoms with E-state index in [1.165, 1.54) is 35.2 Å². The van der Waals surface area contributed by atoms with Crippen molar-refractivity contribution in [2.45, 2.75) is 38.3 Å². The molecule has 0 unspecified atom stereocenters. The summed E-state index contributed by atoms with van der Waals surface area (Å²) in [7, 11) is -4.32. The zero-order valence-corrected chi connectivity index (χ0v) is 23.2. The lowest BCUT2D eigenvalue weighted by Crippen LogP contribution is -2.51. The topological polar surface area (TPSA) is 86.8 Å². The Hall–Kier alpha value is -3.24. The van der Waals surface area contributed by atoms with E-state index in [4.69, 9.17) is 0 Å². The number of hydrogen-bond donors (Lipinski definition) is 1. The second-order valence-electron chi connectivity index (χ2n) is 8.50. The third kappa shape index (κ3) is 6.95. The van der Waals surface area contributed by atoms with Gasteiger partial charge in [0.25, 0.3) is 10.0 Å². The highest BCUT2D eigenvalue weighted by atomic mass is 79.9. The molecule has 0 heterocycles. The molecule has 3 aromatic rings. The maximum atomic E-state index is 14.9. The van der Waals surface area contributed by atoms with Gasteiger partial charge >= 0.3 is 0 Å². The average Bonchev–Trinajstić information content (AvgIpc) is 2.86. The number of benzene rings is 3. The molecule has 0 fully saturated rings. The number of nitrogens with one attached hydrogen (secondary N) is 1. The number of carbonyl (C=O) groups is 2. The minimum atomic E-state index is -4.32. The average molecular weight is 591 g/mol. The molecule has 0 spiro atoms. The molecule has 196 valence electrons. The van der Waals surface area contributed by atoms with Gasteiger partial charge < -0.3 is 10.2 Å². The first-order chi connectivity index (χ1) is 17.5. The minimum absolute atomic E-state index is 0.0479. The van der Waals surface area contributed by atoms with Gasteiger partial charge in [-0.05, 0) is 62.7 Å². The van der Waals surface area contributed by atoms with Gasteiger partial charge in [0.05, 0.1) is 10.6 Å². The van der Waals surface area contributed by atoms with E-state index >= 15 is 0 Å². The molecule has 0 radical (unpaired) electrons. The third-order valence-electron chi connectivity index (χ3n) is 5.77. The molecule has 0 aliphatic carbocycles. The van der Waals surface area contributed by atoms with Crippen molar-refractivity contribution in [2.24, 2.45) is 0 Å². The molecule has 2 amide bonds. The Morgan fingerprint density at radius 1 is 1.03 bits per heavy atom. The molecular formula is C27H29BrFN3O4S. The summed E-state index contributed by atoms with van der Waals surface area (Å²) in [6, 6.07) is 17.8. The summed E-state index contributed by atoms with van der Waals surface area (Å²) in [5, 5.41) is 2.70. The Morgan fingerprint density at radius 2 is 1.70 bits per heavy atom. The van der Waals surface area contributed by atoms with Gasteiger partial charge in [-0.3, -0.25) is 13.9 Å². The van der Waals surface area contributed by atoms with Crippen LogP contribution < -0.4 is 9.62 Å². The third-order valence-corrected chi connectivity index (χ3v) is 8.04. The second-order valence-corrected chi connectivity index (χ2v) is 11.3.